The first-order valence-electron chi connectivity index (χ1n) is 6.81. The summed E-state index contributed by atoms with van der Waals surface area (Å²) in [5.41, 5.74) is 4.19. The molecular weight excluding hydrogens is 206 g/mol. The first-order valence-corrected chi connectivity index (χ1v) is 6.81. The monoisotopic (exact) mass is 227 g/mol. The summed E-state index contributed by atoms with van der Waals surface area (Å²) < 4.78 is 0. The zero-order valence-corrected chi connectivity index (χ0v) is 10.8. The fourth-order valence-corrected chi connectivity index (χ4v) is 3.17. The van der Waals surface area contributed by atoms with Crippen molar-refractivity contribution in [1.82, 2.24) is 4.98 Å². The van der Waals surface area contributed by atoms with Gasteiger partial charge in [-0.25, -0.2) is 0 Å². The van der Waals surface area contributed by atoms with E-state index in [1.54, 1.807) is 5.56 Å². The van der Waals surface area contributed by atoms with E-state index in [0.717, 1.165) is 11.8 Å². The van der Waals surface area contributed by atoms with Crippen molar-refractivity contribution < 1.29 is 0 Å². The highest BCUT2D eigenvalue weighted by Crippen LogP contribution is 2.38. The number of hydrogen-bond acceptors (Lipinski definition) is 0. The second kappa shape index (κ2) is 4.21. The van der Waals surface area contributed by atoms with Crippen molar-refractivity contribution in [3.05, 3.63) is 35.5 Å². The van der Waals surface area contributed by atoms with E-state index in [2.05, 4.69) is 43.2 Å². The third kappa shape index (κ3) is 1.99. The number of fused-ring (bicyclic) bond motifs is 1. The van der Waals surface area contributed by atoms with Crippen LogP contribution >= 0.6 is 0 Å². The van der Waals surface area contributed by atoms with Crippen LogP contribution in [0.15, 0.2) is 24.4 Å². The van der Waals surface area contributed by atoms with Gasteiger partial charge in [0.25, 0.3) is 0 Å². The zero-order valence-electron chi connectivity index (χ0n) is 10.8. The van der Waals surface area contributed by atoms with E-state index >= 15 is 0 Å². The molecule has 0 bridgehead atoms. The number of aromatic amines is 1. The molecule has 1 saturated carbocycles. The van der Waals surface area contributed by atoms with Gasteiger partial charge in [0.2, 0.25) is 0 Å². The lowest BCUT2D eigenvalue weighted by Crippen LogP contribution is -2.10. The van der Waals surface area contributed by atoms with E-state index in [1.165, 1.54) is 42.1 Å². The topological polar surface area (TPSA) is 15.8 Å². The van der Waals surface area contributed by atoms with Crippen molar-refractivity contribution in [2.75, 3.05) is 0 Å². The lowest BCUT2D eigenvalue weighted by atomic mass is 9.79. The fourth-order valence-electron chi connectivity index (χ4n) is 3.17. The van der Waals surface area contributed by atoms with Crippen molar-refractivity contribution in [3.8, 4) is 0 Å². The molecule has 0 radical (unpaired) electrons. The van der Waals surface area contributed by atoms with Crippen LogP contribution < -0.4 is 0 Å². The van der Waals surface area contributed by atoms with E-state index in [9.17, 15) is 0 Å². The molecule has 2 aromatic rings. The van der Waals surface area contributed by atoms with Crippen LogP contribution in [0.4, 0.5) is 0 Å². The van der Waals surface area contributed by atoms with Crippen molar-refractivity contribution >= 4 is 10.9 Å². The van der Waals surface area contributed by atoms with Crippen LogP contribution in [0.25, 0.3) is 10.9 Å². The Morgan fingerprint density at radius 2 is 1.88 bits per heavy atom. The summed E-state index contributed by atoms with van der Waals surface area (Å²) in [7, 11) is 0. The molecule has 1 aromatic heterocycles. The summed E-state index contributed by atoms with van der Waals surface area (Å²) in [5, 5.41) is 1.44. The van der Waals surface area contributed by atoms with Crippen molar-refractivity contribution in [2.45, 2.75) is 45.4 Å². The highest BCUT2D eigenvalue weighted by molar-refractivity contribution is 5.84. The van der Waals surface area contributed by atoms with Gasteiger partial charge in [0.05, 0.1) is 0 Å². The lowest BCUT2D eigenvalue weighted by molar-refractivity contribution is 0.349. The van der Waals surface area contributed by atoms with E-state index in [0.29, 0.717) is 0 Å². The number of rotatable bonds is 1. The number of H-pyrrole nitrogens is 1. The Kier molecular flexibility index (Phi) is 2.70. The molecule has 3 rings (SSSR count). The Morgan fingerprint density at radius 3 is 2.65 bits per heavy atom. The number of hydrogen-bond donors (Lipinski definition) is 1. The van der Waals surface area contributed by atoms with E-state index in [-0.39, 0.29) is 0 Å². The molecular formula is C16H21N. The molecule has 0 unspecified atom stereocenters. The third-order valence-electron chi connectivity index (χ3n) is 4.32. The summed E-state index contributed by atoms with van der Waals surface area (Å²) in [6.07, 6.45) is 7.75. The largest absolute Gasteiger partial charge is 0.361 e. The van der Waals surface area contributed by atoms with Crippen LogP contribution in [0.3, 0.4) is 0 Å². The smallest absolute Gasteiger partial charge is 0.0459 e. The molecule has 0 spiro atoms. The Bertz CT molecular complexity index is 515. The Labute approximate surface area is 103 Å². The molecule has 1 fully saturated rings. The Balaban J connectivity index is 1.95. The average Bonchev–Trinajstić information content (AvgIpc) is 2.73. The van der Waals surface area contributed by atoms with Gasteiger partial charge in [0, 0.05) is 17.1 Å². The van der Waals surface area contributed by atoms with Crippen molar-refractivity contribution in [1.29, 1.82) is 0 Å². The van der Waals surface area contributed by atoms with Gasteiger partial charge in [0.15, 0.2) is 0 Å². The standard InChI is InChI=1S/C16H21N/c1-11-3-6-13(7-4-11)15-10-17-16-9-12(2)5-8-14(15)16/h5,8-11,13,17H,3-4,6-7H2,1-2H3. The normalized spacial score (nSPS) is 25.3. The molecule has 0 saturated heterocycles. The molecule has 1 heterocycles. The van der Waals surface area contributed by atoms with Crippen LogP contribution in [0, 0.1) is 12.8 Å². The summed E-state index contributed by atoms with van der Waals surface area (Å²) in [4.78, 5) is 3.44. The van der Waals surface area contributed by atoms with Crippen LogP contribution in [0.1, 0.15) is 49.7 Å². The van der Waals surface area contributed by atoms with Gasteiger partial charge >= 0.3 is 0 Å². The van der Waals surface area contributed by atoms with Gasteiger partial charge in [0.1, 0.15) is 0 Å². The van der Waals surface area contributed by atoms with Gasteiger partial charge in [-0.1, -0.05) is 31.9 Å². The minimum absolute atomic E-state index is 0.780. The van der Waals surface area contributed by atoms with Crippen molar-refractivity contribution in [3.63, 3.8) is 0 Å². The highest BCUT2D eigenvalue weighted by atomic mass is 14.7. The van der Waals surface area contributed by atoms with Crippen LogP contribution in [0.2, 0.25) is 0 Å². The maximum atomic E-state index is 3.44. The number of benzene rings is 1. The summed E-state index contributed by atoms with van der Waals surface area (Å²) in [6, 6.07) is 6.77. The Hall–Kier alpha value is -1.24. The molecule has 0 aliphatic heterocycles. The quantitative estimate of drug-likeness (QED) is 0.722. The maximum Gasteiger partial charge on any atom is 0.0459 e. The summed E-state index contributed by atoms with van der Waals surface area (Å²) in [6.45, 7) is 4.54. The minimum Gasteiger partial charge on any atom is -0.361 e. The number of nitrogens with one attached hydrogen (secondary N) is 1. The second-order valence-corrected chi connectivity index (χ2v) is 5.75. The minimum atomic E-state index is 0.780. The summed E-state index contributed by atoms with van der Waals surface area (Å²) in [5.74, 6) is 1.71. The molecule has 1 heteroatoms. The molecule has 1 aromatic carbocycles. The van der Waals surface area contributed by atoms with Gasteiger partial charge < -0.3 is 4.98 Å². The highest BCUT2D eigenvalue weighted by Gasteiger charge is 2.21. The molecule has 1 aliphatic rings. The Morgan fingerprint density at radius 1 is 1.12 bits per heavy atom. The van der Waals surface area contributed by atoms with Crippen LogP contribution in [-0.2, 0) is 0 Å². The SMILES string of the molecule is Cc1ccc2c(C3CCC(C)CC3)c[nH]c2c1. The maximum absolute atomic E-state index is 3.44. The van der Waals surface area contributed by atoms with Gasteiger partial charge in [-0.15, -0.1) is 0 Å². The molecule has 17 heavy (non-hydrogen) atoms. The average molecular weight is 227 g/mol. The lowest BCUT2D eigenvalue weighted by Gasteiger charge is -2.25. The third-order valence-corrected chi connectivity index (χ3v) is 4.32. The molecule has 90 valence electrons. The van der Waals surface area contributed by atoms with E-state index in [4.69, 9.17) is 0 Å². The fraction of sp³-hybridized carbons (Fsp3) is 0.500. The molecule has 0 atom stereocenters. The van der Waals surface area contributed by atoms with Gasteiger partial charge in [-0.2, -0.15) is 0 Å². The van der Waals surface area contributed by atoms with E-state index in [1.807, 2.05) is 0 Å². The summed E-state index contributed by atoms with van der Waals surface area (Å²) >= 11 is 0. The van der Waals surface area contributed by atoms with Crippen LogP contribution in [0.5, 0.6) is 0 Å². The zero-order chi connectivity index (χ0) is 11.8. The first kappa shape index (κ1) is 10.9. The number of aryl methyl sites for hydroxylation is 1. The molecule has 0 amide bonds. The van der Waals surface area contributed by atoms with Crippen LogP contribution in [-0.4, -0.2) is 4.98 Å². The predicted molar refractivity (Wildman–Crippen MR) is 73.4 cm³/mol. The van der Waals surface area contributed by atoms with Gasteiger partial charge in [-0.05, 0) is 48.8 Å². The molecule has 1 N–H and O–H groups in total. The predicted octanol–water partition coefficient (Wildman–Crippen LogP) is 4.77. The molecule has 1 aliphatic carbocycles. The van der Waals surface area contributed by atoms with Gasteiger partial charge in [-0.3, -0.25) is 0 Å². The first-order chi connectivity index (χ1) is 8.24. The van der Waals surface area contributed by atoms with E-state index < -0.39 is 0 Å². The molecule has 1 nitrogen and oxygen atoms in total. The number of aromatic nitrogens is 1. The van der Waals surface area contributed by atoms with Crippen molar-refractivity contribution in [2.24, 2.45) is 5.92 Å². The second-order valence-electron chi connectivity index (χ2n) is 5.75.